The highest BCUT2D eigenvalue weighted by Crippen LogP contribution is 2.39. The van der Waals surface area contributed by atoms with Gasteiger partial charge in [-0.1, -0.05) is 36.4 Å². The monoisotopic (exact) mass is 254 g/mol. The van der Waals surface area contributed by atoms with Crippen molar-refractivity contribution >= 4 is 5.78 Å². The van der Waals surface area contributed by atoms with Gasteiger partial charge in [-0.05, 0) is 31.2 Å². The minimum atomic E-state index is -0.878. The van der Waals surface area contributed by atoms with Gasteiger partial charge >= 0.3 is 0 Å². The predicted molar refractivity (Wildman–Crippen MR) is 71.3 cm³/mol. The van der Waals surface area contributed by atoms with E-state index in [0.717, 1.165) is 0 Å². The molecule has 1 saturated carbocycles. The van der Waals surface area contributed by atoms with Gasteiger partial charge in [0.05, 0.1) is 0 Å². The van der Waals surface area contributed by atoms with Crippen LogP contribution in [0.3, 0.4) is 0 Å². The van der Waals surface area contributed by atoms with Gasteiger partial charge in [-0.2, -0.15) is 0 Å². The third-order valence-electron chi connectivity index (χ3n) is 3.21. The van der Waals surface area contributed by atoms with Crippen LogP contribution in [0.2, 0.25) is 0 Å². The van der Waals surface area contributed by atoms with Crippen LogP contribution in [-0.4, -0.2) is 17.5 Å². The van der Waals surface area contributed by atoms with E-state index in [0.29, 0.717) is 11.5 Å². The SMILES string of the molecule is CC1(Oc2ccccc2)C(=O)C1Oc1ccccc1. The van der Waals surface area contributed by atoms with Crippen LogP contribution in [0.5, 0.6) is 11.5 Å². The average Bonchev–Trinajstić information content (AvgIpc) is 2.93. The standard InChI is InChI=1S/C16H14O3/c1-16(19-13-10-6-3-7-11-13)14(17)15(16)18-12-8-4-2-5-9-12/h2-11,15H,1H3. The van der Waals surface area contributed by atoms with Crippen LogP contribution < -0.4 is 9.47 Å². The zero-order chi connectivity index (χ0) is 13.3. The summed E-state index contributed by atoms with van der Waals surface area (Å²) in [6.07, 6.45) is -0.532. The van der Waals surface area contributed by atoms with E-state index in [-0.39, 0.29) is 5.78 Å². The van der Waals surface area contributed by atoms with E-state index in [9.17, 15) is 4.79 Å². The van der Waals surface area contributed by atoms with Gasteiger partial charge in [0.2, 0.25) is 17.5 Å². The maximum absolute atomic E-state index is 11.9. The van der Waals surface area contributed by atoms with Crippen molar-refractivity contribution < 1.29 is 14.3 Å². The molecule has 2 unspecified atom stereocenters. The fraction of sp³-hybridized carbons (Fsp3) is 0.188. The Morgan fingerprint density at radius 3 is 2.00 bits per heavy atom. The summed E-state index contributed by atoms with van der Waals surface area (Å²) in [4.78, 5) is 11.9. The quantitative estimate of drug-likeness (QED) is 0.841. The lowest BCUT2D eigenvalue weighted by atomic mass is 10.3. The lowest BCUT2D eigenvalue weighted by molar-refractivity contribution is -0.115. The summed E-state index contributed by atoms with van der Waals surface area (Å²) in [6.45, 7) is 1.76. The molecule has 0 bridgehead atoms. The molecule has 0 aromatic heterocycles. The first kappa shape index (κ1) is 11.8. The lowest BCUT2D eigenvalue weighted by Crippen LogP contribution is -2.22. The summed E-state index contributed by atoms with van der Waals surface area (Å²) in [5.74, 6) is 1.33. The van der Waals surface area contributed by atoms with Gasteiger partial charge in [-0.3, -0.25) is 4.79 Å². The minimum Gasteiger partial charge on any atom is -0.478 e. The van der Waals surface area contributed by atoms with Gasteiger partial charge in [0, 0.05) is 0 Å². The van der Waals surface area contributed by atoms with E-state index in [1.807, 2.05) is 60.7 Å². The minimum absolute atomic E-state index is 0.0276. The number of rotatable bonds is 4. The molecule has 3 heteroatoms. The molecule has 0 amide bonds. The van der Waals surface area contributed by atoms with Crippen LogP contribution in [0, 0.1) is 0 Å². The van der Waals surface area contributed by atoms with Crippen molar-refractivity contribution in [2.75, 3.05) is 0 Å². The number of para-hydroxylation sites is 2. The molecule has 0 saturated heterocycles. The van der Waals surface area contributed by atoms with Crippen LogP contribution in [0.25, 0.3) is 0 Å². The molecule has 2 aromatic rings. The van der Waals surface area contributed by atoms with Crippen LogP contribution in [0.15, 0.2) is 60.7 Å². The normalized spacial score (nSPS) is 24.9. The molecule has 0 spiro atoms. The van der Waals surface area contributed by atoms with Gasteiger partial charge in [0.25, 0.3) is 0 Å². The molecule has 96 valence electrons. The number of hydrogen-bond donors (Lipinski definition) is 0. The van der Waals surface area contributed by atoms with Crippen molar-refractivity contribution in [2.45, 2.75) is 18.6 Å². The predicted octanol–water partition coefficient (Wildman–Crippen LogP) is 2.85. The summed E-state index contributed by atoms with van der Waals surface area (Å²) in [5.41, 5.74) is -0.878. The van der Waals surface area contributed by atoms with Crippen LogP contribution >= 0.6 is 0 Å². The molecular weight excluding hydrogens is 240 g/mol. The van der Waals surface area contributed by atoms with E-state index in [2.05, 4.69) is 0 Å². The first-order valence-electron chi connectivity index (χ1n) is 6.20. The zero-order valence-electron chi connectivity index (χ0n) is 10.6. The largest absolute Gasteiger partial charge is 0.478 e. The smallest absolute Gasteiger partial charge is 0.225 e. The summed E-state index contributed by atoms with van der Waals surface area (Å²) in [7, 11) is 0. The van der Waals surface area contributed by atoms with Gasteiger partial charge in [0.1, 0.15) is 11.5 Å². The first-order chi connectivity index (χ1) is 9.20. The molecule has 0 aliphatic heterocycles. The number of ketones is 1. The average molecular weight is 254 g/mol. The summed E-state index contributed by atoms with van der Waals surface area (Å²) >= 11 is 0. The number of carbonyl (C=O) groups excluding carboxylic acids is 1. The van der Waals surface area contributed by atoms with Gasteiger partial charge in [-0.25, -0.2) is 0 Å². The Morgan fingerprint density at radius 1 is 0.895 bits per heavy atom. The summed E-state index contributed by atoms with van der Waals surface area (Å²) < 4.78 is 11.4. The number of benzene rings is 2. The van der Waals surface area contributed by atoms with E-state index in [1.54, 1.807) is 6.92 Å². The molecule has 0 N–H and O–H groups in total. The molecule has 3 nitrogen and oxygen atoms in total. The molecule has 1 aliphatic carbocycles. The summed E-state index contributed by atoms with van der Waals surface area (Å²) in [5, 5.41) is 0. The Kier molecular flexibility index (Phi) is 2.75. The van der Waals surface area contributed by atoms with Crippen LogP contribution in [0.1, 0.15) is 6.92 Å². The molecule has 0 radical (unpaired) electrons. The van der Waals surface area contributed by atoms with Crippen molar-refractivity contribution in [1.82, 2.24) is 0 Å². The van der Waals surface area contributed by atoms with Crippen LogP contribution in [-0.2, 0) is 4.79 Å². The Balaban J connectivity index is 1.71. The highest BCUT2D eigenvalue weighted by atomic mass is 16.6. The Hall–Kier alpha value is -2.29. The number of hydrogen-bond acceptors (Lipinski definition) is 3. The molecule has 1 aliphatic rings. The fourth-order valence-electron chi connectivity index (χ4n) is 1.99. The number of carbonyl (C=O) groups is 1. The molecule has 2 aromatic carbocycles. The van der Waals surface area contributed by atoms with Crippen molar-refractivity contribution in [2.24, 2.45) is 0 Å². The first-order valence-corrected chi connectivity index (χ1v) is 6.20. The van der Waals surface area contributed by atoms with Gasteiger partial charge in [-0.15, -0.1) is 0 Å². The number of Topliss-reactive ketones (excluding diaryl/α,β-unsaturated/α-hetero) is 1. The second kappa shape index (κ2) is 4.43. The van der Waals surface area contributed by atoms with E-state index in [4.69, 9.17) is 9.47 Å². The highest BCUT2D eigenvalue weighted by Gasteiger charge is 2.67. The lowest BCUT2D eigenvalue weighted by Gasteiger charge is -2.13. The molecule has 0 heterocycles. The molecule has 19 heavy (non-hydrogen) atoms. The topological polar surface area (TPSA) is 35.5 Å². The van der Waals surface area contributed by atoms with Crippen LogP contribution in [0.4, 0.5) is 0 Å². The fourth-order valence-corrected chi connectivity index (χ4v) is 1.99. The van der Waals surface area contributed by atoms with Crippen molar-refractivity contribution in [3.05, 3.63) is 60.7 Å². The van der Waals surface area contributed by atoms with Crippen molar-refractivity contribution in [3.63, 3.8) is 0 Å². The molecule has 1 fully saturated rings. The van der Waals surface area contributed by atoms with Crippen molar-refractivity contribution in [1.29, 1.82) is 0 Å². The Morgan fingerprint density at radius 2 is 1.42 bits per heavy atom. The van der Waals surface area contributed by atoms with E-state index < -0.39 is 11.7 Å². The second-order valence-corrected chi connectivity index (χ2v) is 4.70. The maximum atomic E-state index is 11.9. The number of ether oxygens (including phenoxy) is 2. The Labute approximate surface area is 111 Å². The van der Waals surface area contributed by atoms with Crippen molar-refractivity contribution in [3.8, 4) is 11.5 Å². The molecule has 3 rings (SSSR count). The summed E-state index contributed by atoms with van der Waals surface area (Å²) in [6, 6.07) is 18.6. The maximum Gasteiger partial charge on any atom is 0.225 e. The third-order valence-corrected chi connectivity index (χ3v) is 3.21. The highest BCUT2D eigenvalue weighted by molar-refractivity contribution is 6.10. The molecule has 2 atom stereocenters. The van der Waals surface area contributed by atoms with Gasteiger partial charge < -0.3 is 9.47 Å². The Bertz CT molecular complexity index is 579. The second-order valence-electron chi connectivity index (χ2n) is 4.70. The third kappa shape index (κ3) is 2.19. The van der Waals surface area contributed by atoms with E-state index in [1.165, 1.54) is 0 Å². The zero-order valence-corrected chi connectivity index (χ0v) is 10.6. The van der Waals surface area contributed by atoms with E-state index >= 15 is 0 Å². The molecular formula is C16H14O3. The van der Waals surface area contributed by atoms with Gasteiger partial charge in [0.15, 0.2) is 0 Å².